The van der Waals surface area contributed by atoms with E-state index in [0.717, 1.165) is 4.90 Å². The van der Waals surface area contributed by atoms with Crippen molar-refractivity contribution in [3.63, 3.8) is 0 Å². The van der Waals surface area contributed by atoms with Gasteiger partial charge in [0.15, 0.2) is 6.61 Å². The molecule has 1 fully saturated rings. The van der Waals surface area contributed by atoms with Crippen molar-refractivity contribution in [2.75, 3.05) is 23.4 Å². The van der Waals surface area contributed by atoms with Gasteiger partial charge in [0, 0.05) is 10.7 Å². The molecule has 1 aliphatic heterocycles. The van der Waals surface area contributed by atoms with Gasteiger partial charge in [-0.1, -0.05) is 11.6 Å². The molecule has 5 amide bonds. The summed E-state index contributed by atoms with van der Waals surface area (Å²) >= 11 is 12.7. The highest BCUT2D eigenvalue weighted by atomic mass is 79.9. The molecule has 0 unspecified atom stereocenters. The van der Waals surface area contributed by atoms with Crippen LogP contribution in [-0.2, 0) is 14.4 Å². The molecule has 3 aromatic carbocycles. The van der Waals surface area contributed by atoms with Gasteiger partial charge in [-0.3, -0.25) is 19.7 Å². The highest BCUT2D eigenvalue weighted by Gasteiger charge is 2.36. The number of anilines is 2. The monoisotopic (exact) mass is 675 g/mol. The molecule has 1 saturated heterocycles. The Morgan fingerprint density at radius 1 is 1.00 bits per heavy atom. The fourth-order valence-corrected chi connectivity index (χ4v) is 5.16. The first kappa shape index (κ1) is 28.3. The topological polar surface area (TPSA) is 114 Å². The lowest BCUT2D eigenvalue weighted by atomic mass is 10.1. The fourth-order valence-electron chi connectivity index (χ4n) is 3.59. The summed E-state index contributed by atoms with van der Waals surface area (Å²) in [6.07, 6.45) is 1.36. The summed E-state index contributed by atoms with van der Waals surface area (Å²) in [6, 6.07) is 15.4. The van der Waals surface area contributed by atoms with Crippen LogP contribution >= 0.6 is 43.5 Å². The number of ether oxygens (including phenoxy) is 2. The average Bonchev–Trinajstić information content (AvgIpc) is 2.88. The van der Waals surface area contributed by atoms with Crippen LogP contribution in [0.3, 0.4) is 0 Å². The molecule has 3 aromatic rings. The number of urea groups is 1. The van der Waals surface area contributed by atoms with E-state index in [4.69, 9.17) is 21.1 Å². The molecule has 2 N–H and O–H groups in total. The van der Waals surface area contributed by atoms with Crippen molar-refractivity contribution >= 4 is 84.7 Å². The SMILES string of the molecule is CCOc1ccc(N2C(=O)NC(=O)/C(=C\c3cc(Br)c(OCC(=O)Nc4ccc(Cl)cc4)c(Br)c3)C2=O)cc1. The zero-order valence-corrected chi connectivity index (χ0v) is 24.2. The van der Waals surface area contributed by atoms with Gasteiger partial charge < -0.3 is 14.8 Å². The standard InChI is InChI=1S/C27H20Br2ClN3O6/c1-2-38-19-9-7-18(8-10-19)33-26(36)20(25(35)32-27(33)37)11-15-12-21(28)24(22(29)13-15)39-14-23(34)31-17-5-3-16(30)4-6-17/h3-13H,2,14H2,1H3,(H,31,34)(H,32,35,37)/b20-11+. The second-order valence-corrected chi connectivity index (χ2v) is 10.2. The van der Waals surface area contributed by atoms with Crippen LogP contribution in [0.1, 0.15) is 12.5 Å². The third-order valence-electron chi connectivity index (χ3n) is 5.31. The number of hydrogen-bond acceptors (Lipinski definition) is 6. The second kappa shape index (κ2) is 12.5. The molecule has 39 heavy (non-hydrogen) atoms. The van der Waals surface area contributed by atoms with E-state index in [-0.39, 0.29) is 23.8 Å². The number of halogens is 3. The highest BCUT2D eigenvalue weighted by Crippen LogP contribution is 2.36. The maximum absolute atomic E-state index is 13.2. The van der Waals surface area contributed by atoms with E-state index in [1.807, 2.05) is 6.92 Å². The lowest BCUT2D eigenvalue weighted by Crippen LogP contribution is -2.54. The van der Waals surface area contributed by atoms with Crippen LogP contribution in [-0.4, -0.2) is 37.0 Å². The quantitative estimate of drug-likeness (QED) is 0.225. The Labute approximate surface area is 245 Å². The Morgan fingerprint density at radius 2 is 1.64 bits per heavy atom. The van der Waals surface area contributed by atoms with Crippen molar-refractivity contribution in [1.29, 1.82) is 0 Å². The summed E-state index contributed by atoms with van der Waals surface area (Å²) < 4.78 is 12.0. The lowest BCUT2D eigenvalue weighted by molar-refractivity contribution is -0.122. The Balaban J connectivity index is 1.50. The van der Waals surface area contributed by atoms with Gasteiger partial charge in [0.2, 0.25) is 0 Å². The molecule has 200 valence electrons. The summed E-state index contributed by atoms with van der Waals surface area (Å²) in [5.74, 6) is -1.06. The molecular weight excluding hydrogens is 658 g/mol. The number of amides is 5. The number of barbiturate groups is 1. The number of benzene rings is 3. The zero-order valence-electron chi connectivity index (χ0n) is 20.3. The molecule has 0 bridgehead atoms. The van der Waals surface area contributed by atoms with E-state index in [9.17, 15) is 19.2 Å². The maximum atomic E-state index is 13.2. The number of nitrogens with zero attached hydrogens (tertiary/aromatic N) is 1. The van der Waals surface area contributed by atoms with Gasteiger partial charge in [0.05, 0.1) is 21.2 Å². The van der Waals surface area contributed by atoms with Crippen LogP contribution in [0, 0.1) is 0 Å². The van der Waals surface area contributed by atoms with Crippen LogP contribution in [0.25, 0.3) is 6.08 Å². The molecule has 0 aliphatic carbocycles. The molecular formula is C27H20Br2ClN3O6. The summed E-state index contributed by atoms with van der Waals surface area (Å²) in [5.41, 5.74) is 1.08. The van der Waals surface area contributed by atoms with Crippen molar-refractivity contribution < 1.29 is 28.7 Å². The van der Waals surface area contributed by atoms with E-state index < -0.39 is 17.8 Å². The van der Waals surface area contributed by atoms with Crippen molar-refractivity contribution in [1.82, 2.24) is 5.32 Å². The minimum Gasteiger partial charge on any atom is -0.494 e. The molecule has 1 heterocycles. The molecule has 0 saturated carbocycles. The predicted octanol–water partition coefficient (Wildman–Crippen LogP) is 5.95. The number of carbonyl (C=O) groups is 4. The number of nitrogens with one attached hydrogen (secondary N) is 2. The molecule has 0 aromatic heterocycles. The van der Waals surface area contributed by atoms with Crippen LogP contribution in [0.15, 0.2) is 75.2 Å². The van der Waals surface area contributed by atoms with E-state index in [1.54, 1.807) is 60.7 Å². The largest absolute Gasteiger partial charge is 0.494 e. The Kier molecular flexibility index (Phi) is 9.05. The summed E-state index contributed by atoms with van der Waals surface area (Å²) in [5, 5.41) is 5.44. The Hall–Kier alpha value is -3.67. The molecule has 0 spiro atoms. The first-order valence-corrected chi connectivity index (χ1v) is 13.4. The predicted molar refractivity (Wildman–Crippen MR) is 154 cm³/mol. The normalized spacial score (nSPS) is 14.3. The van der Waals surface area contributed by atoms with E-state index in [2.05, 4.69) is 42.5 Å². The van der Waals surface area contributed by atoms with Crippen LogP contribution < -0.4 is 25.0 Å². The highest BCUT2D eigenvalue weighted by molar-refractivity contribution is 9.11. The third kappa shape index (κ3) is 6.86. The van der Waals surface area contributed by atoms with Crippen LogP contribution in [0.2, 0.25) is 5.02 Å². The minimum atomic E-state index is -0.853. The molecule has 4 rings (SSSR count). The number of carbonyl (C=O) groups excluding carboxylic acids is 4. The second-order valence-electron chi connectivity index (χ2n) is 8.04. The summed E-state index contributed by atoms with van der Waals surface area (Å²) in [6.45, 7) is 2.03. The Bertz CT molecular complexity index is 1450. The molecule has 0 radical (unpaired) electrons. The number of imide groups is 2. The van der Waals surface area contributed by atoms with Gasteiger partial charge in [0.1, 0.15) is 17.1 Å². The molecule has 1 aliphatic rings. The van der Waals surface area contributed by atoms with Gasteiger partial charge in [-0.05, 0) is 111 Å². The summed E-state index contributed by atoms with van der Waals surface area (Å²) in [7, 11) is 0. The zero-order chi connectivity index (χ0) is 28.1. The first-order valence-electron chi connectivity index (χ1n) is 11.5. The molecule has 0 atom stereocenters. The average molecular weight is 678 g/mol. The fraction of sp³-hybridized carbons (Fsp3) is 0.111. The van der Waals surface area contributed by atoms with E-state index >= 15 is 0 Å². The molecule has 9 nitrogen and oxygen atoms in total. The van der Waals surface area contributed by atoms with Crippen LogP contribution in [0.5, 0.6) is 11.5 Å². The van der Waals surface area contributed by atoms with E-state index in [1.165, 1.54) is 6.08 Å². The van der Waals surface area contributed by atoms with Gasteiger partial charge in [-0.2, -0.15) is 0 Å². The van der Waals surface area contributed by atoms with Gasteiger partial charge in [0.25, 0.3) is 17.7 Å². The number of hydrogen-bond donors (Lipinski definition) is 2. The van der Waals surface area contributed by atoms with Crippen molar-refractivity contribution in [2.45, 2.75) is 6.92 Å². The first-order chi connectivity index (χ1) is 18.7. The van der Waals surface area contributed by atoms with Crippen LogP contribution in [0.4, 0.5) is 16.2 Å². The third-order valence-corrected chi connectivity index (χ3v) is 6.74. The van der Waals surface area contributed by atoms with E-state index in [0.29, 0.717) is 43.3 Å². The van der Waals surface area contributed by atoms with Gasteiger partial charge in [-0.15, -0.1) is 0 Å². The van der Waals surface area contributed by atoms with Crippen molar-refractivity contribution in [3.05, 3.63) is 85.8 Å². The van der Waals surface area contributed by atoms with Gasteiger partial charge >= 0.3 is 6.03 Å². The van der Waals surface area contributed by atoms with Crippen molar-refractivity contribution in [2.24, 2.45) is 0 Å². The summed E-state index contributed by atoms with van der Waals surface area (Å²) in [4.78, 5) is 51.4. The smallest absolute Gasteiger partial charge is 0.335 e. The minimum absolute atomic E-state index is 0.238. The van der Waals surface area contributed by atoms with Gasteiger partial charge in [-0.25, -0.2) is 9.69 Å². The lowest BCUT2D eigenvalue weighted by Gasteiger charge is -2.26. The van der Waals surface area contributed by atoms with Crippen molar-refractivity contribution in [3.8, 4) is 11.5 Å². The Morgan fingerprint density at radius 3 is 2.26 bits per heavy atom. The maximum Gasteiger partial charge on any atom is 0.335 e. The number of rotatable bonds is 8. The molecule has 12 heteroatoms.